The summed E-state index contributed by atoms with van der Waals surface area (Å²) in [5.74, 6) is -0.300. The third-order valence-corrected chi connectivity index (χ3v) is 4.05. The molecule has 0 unspecified atom stereocenters. The van der Waals surface area contributed by atoms with Gasteiger partial charge in [0.1, 0.15) is 0 Å². The number of hydrogen-bond donors (Lipinski definition) is 1. The first-order valence-electron chi connectivity index (χ1n) is 8.40. The normalized spacial score (nSPS) is 10.3. The number of carbonyl (C=O) groups excluding carboxylic acids is 1. The van der Waals surface area contributed by atoms with Gasteiger partial charge in [0.05, 0.1) is 17.7 Å². The van der Waals surface area contributed by atoms with Gasteiger partial charge in [-0.1, -0.05) is 11.6 Å². The van der Waals surface area contributed by atoms with Gasteiger partial charge in [0.25, 0.3) is 0 Å². The van der Waals surface area contributed by atoms with Gasteiger partial charge < -0.3 is 10.1 Å². The number of rotatable bonds is 4. The molecule has 0 radical (unpaired) electrons. The summed E-state index contributed by atoms with van der Waals surface area (Å²) in [7, 11) is 0. The summed E-state index contributed by atoms with van der Waals surface area (Å²) >= 11 is 0. The number of esters is 1. The number of benzene rings is 2. The number of nitrogens with one attached hydrogen (secondary N) is 1. The van der Waals surface area contributed by atoms with Gasteiger partial charge in [-0.3, -0.25) is 4.98 Å². The summed E-state index contributed by atoms with van der Waals surface area (Å²) in [5, 5.41) is 4.54. The molecule has 1 aromatic heterocycles. The Bertz CT molecular complexity index is 937. The lowest BCUT2D eigenvalue weighted by atomic mass is 10.0. The first-order valence-corrected chi connectivity index (χ1v) is 8.40. The second-order valence-corrected chi connectivity index (χ2v) is 6.21. The van der Waals surface area contributed by atoms with E-state index < -0.39 is 0 Å². The van der Waals surface area contributed by atoms with E-state index in [1.807, 2.05) is 25.1 Å². The molecule has 0 spiro atoms. The van der Waals surface area contributed by atoms with Crippen molar-refractivity contribution in [3.63, 3.8) is 0 Å². The molecule has 0 amide bonds. The molecular formula is C21H23ClN2O2. The lowest BCUT2D eigenvalue weighted by Crippen LogP contribution is -2.04. The highest BCUT2D eigenvalue weighted by atomic mass is 35.5. The maximum atomic E-state index is 11.8. The van der Waals surface area contributed by atoms with E-state index in [1.165, 1.54) is 11.1 Å². The van der Waals surface area contributed by atoms with Crippen LogP contribution in [0.4, 0.5) is 11.4 Å². The van der Waals surface area contributed by atoms with Crippen LogP contribution in [0.1, 0.15) is 34.1 Å². The van der Waals surface area contributed by atoms with E-state index in [-0.39, 0.29) is 18.4 Å². The van der Waals surface area contributed by atoms with E-state index in [4.69, 9.17) is 4.74 Å². The molecule has 3 aromatic rings. The molecular weight excluding hydrogens is 348 g/mol. The topological polar surface area (TPSA) is 51.2 Å². The van der Waals surface area contributed by atoms with Crippen LogP contribution in [0.25, 0.3) is 10.9 Å². The van der Waals surface area contributed by atoms with E-state index in [0.717, 1.165) is 28.0 Å². The van der Waals surface area contributed by atoms with Crippen molar-refractivity contribution in [2.75, 3.05) is 11.9 Å². The lowest BCUT2D eigenvalue weighted by molar-refractivity contribution is 0.0526. The minimum absolute atomic E-state index is 0. The Balaban J connectivity index is 0.00000243. The van der Waals surface area contributed by atoms with Crippen LogP contribution >= 0.6 is 12.4 Å². The second-order valence-electron chi connectivity index (χ2n) is 6.21. The predicted molar refractivity (Wildman–Crippen MR) is 109 cm³/mol. The van der Waals surface area contributed by atoms with Crippen molar-refractivity contribution >= 4 is 40.7 Å². The molecule has 0 aliphatic carbocycles. The molecule has 0 aliphatic heterocycles. The number of carbonyl (C=O) groups is 1. The minimum Gasteiger partial charge on any atom is -0.462 e. The van der Waals surface area contributed by atoms with Crippen molar-refractivity contribution < 1.29 is 9.53 Å². The fraction of sp³-hybridized carbons (Fsp3) is 0.238. The molecule has 0 aliphatic rings. The van der Waals surface area contributed by atoms with Gasteiger partial charge in [0, 0.05) is 22.5 Å². The Morgan fingerprint density at radius 3 is 2.42 bits per heavy atom. The maximum absolute atomic E-state index is 11.8. The molecule has 0 saturated carbocycles. The Morgan fingerprint density at radius 1 is 1.08 bits per heavy atom. The number of halogens is 1. The molecule has 0 saturated heterocycles. The number of fused-ring (bicyclic) bond motifs is 1. The fourth-order valence-electron chi connectivity index (χ4n) is 2.97. The van der Waals surface area contributed by atoms with Crippen LogP contribution < -0.4 is 5.32 Å². The highest BCUT2D eigenvalue weighted by molar-refractivity contribution is 5.96. The van der Waals surface area contributed by atoms with Crippen LogP contribution in [0.2, 0.25) is 0 Å². The highest BCUT2D eigenvalue weighted by Crippen LogP contribution is 2.29. The van der Waals surface area contributed by atoms with Crippen molar-refractivity contribution in [2.24, 2.45) is 0 Å². The molecule has 0 atom stereocenters. The Kier molecular flexibility index (Phi) is 6.22. The minimum atomic E-state index is -0.300. The van der Waals surface area contributed by atoms with Gasteiger partial charge in [-0.25, -0.2) is 4.79 Å². The molecule has 0 fully saturated rings. The van der Waals surface area contributed by atoms with Crippen molar-refractivity contribution in [3.05, 3.63) is 64.8 Å². The van der Waals surface area contributed by atoms with Crippen LogP contribution in [0.3, 0.4) is 0 Å². The molecule has 4 nitrogen and oxygen atoms in total. The van der Waals surface area contributed by atoms with Gasteiger partial charge in [0.15, 0.2) is 0 Å². The number of aryl methyl sites for hydroxylation is 3. The number of pyridine rings is 1. The van der Waals surface area contributed by atoms with Crippen molar-refractivity contribution in [1.82, 2.24) is 4.98 Å². The molecule has 1 heterocycles. The molecule has 0 bridgehead atoms. The summed E-state index contributed by atoms with van der Waals surface area (Å²) in [5.41, 5.74) is 6.82. The summed E-state index contributed by atoms with van der Waals surface area (Å²) in [6.45, 7) is 8.34. The van der Waals surface area contributed by atoms with Gasteiger partial charge in [-0.2, -0.15) is 0 Å². The van der Waals surface area contributed by atoms with Crippen molar-refractivity contribution in [1.29, 1.82) is 0 Å². The average molecular weight is 371 g/mol. The summed E-state index contributed by atoms with van der Waals surface area (Å²) in [4.78, 5) is 16.4. The Labute approximate surface area is 160 Å². The number of ether oxygens (including phenoxy) is 1. The maximum Gasteiger partial charge on any atom is 0.338 e. The van der Waals surface area contributed by atoms with Crippen molar-refractivity contribution in [3.8, 4) is 0 Å². The molecule has 136 valence electrons. The van der Waals surface area contributed by atoms with Gasteiger partial charge >= 0.3 is 5.97 Å². The fourth-order valence-corrected chi connectivity index (χ4v) is 2.97. The Morgan fingerprint density at radius 2 is 1.77 bits per heavy atom. The van der Waals surface area contributed by atoms with Gasteiger partial charge in [-0.05, 0) is 69.7 Å². The predicted octanol–water partition coefficient (Wildman–Crippen LogP) is 5.50. The molecule has 2 aromatic carbocycles. The average Bonchev–Trinajstić information content (AvgIpc) is 2.57. The molecule has 5 heteroatoms. The second kappa shape index (κ2) is 8.19. The zero-order chi connectivity index (χ0) is 18.0. The number of nitrogens with zero attached hydrogens (tertiary/aromatic N) is 1. The lowest BCUT2D eigenvalue weighted by Gasteiger charge is -2.13. The smallest absolute Gasteiger partial charge is 0.338 e. The largest absolute Gasteiger partial charge is 0.462 e. The monoisotopic (exact) mass is 370 g/mol. The van der Waals surface area contributed by atoms with Crippen LogP contribution in [0.15, 0.2) is 42.5 Å². The van der Waals surface area contributed by atoms with E-state index >= 15 is 0 Å². The van der Waals surface area contributed by atoms with Gasteiger partial charge in [0.2, 0.25) is 0 Å². The standard InChI is InChI=1S/C21H22N2O2.ClH/c1-5-25-21(24)16-6-8-17(9-7-16)23-19-12-15(4)22-20-14(3)10-13(2)11-18(19)20;/h6-12H,5H2,1-4H3,(H,22,23);1H. The van der Waals surface area contributed by atoms with E-state index in [2.05, 4.69) is 36.3 Å². The van der Waals surface area contributed by atoms with Gasteiger partial charge in [-0.15, -0.1) is 12.4 Å². The van der Waals surface area contributed by atoms with Crippen LogP contribution in [0, 0.1) is 20.8 Å². The molecule has 1 N–H and O–H groups in total. The first kappa shape index (κ1) is 19.7. The molecule has 26 heavy (non-hydrogen) atoms. The summed E-state index contributed by atoms with van der Waals surface area (Å²) in [6, 6.07) is 13.6. The van der Waals surface area contributed by atoms with E-state index in [1.54, 1.807) is 19.1 Å². The Hall–Kier alpha value is -2.59. The molecule has 3 rings (SSSR count). The zero-order valence-corrected chi connectivity index (χ0v) is 16.2. The third kappa shape index (κ3) is 4.14. The summed E-state index contributed by atoms with van der Waals surface area (Å²) in [6.07, 6.45) is 0. The third-order valence-electron chi connectivity index (χ3n) is 4.05. The summed E-state index contributed by atoms with van der Waals surface area (Å²) < 4.78 is 5.02. The van der Waals surface area contributed by atoms with E-state index in [9.17, 15) is 4.79 Å². The number of aromatic nitrogens is 1. The quantitative estimate of drug-likeness (QED) is 0.616. The zero-order valence-electron chi connectivity index (χ0n) is 15.4. The highest BCUT2D eigenvalue weighted by Gasteiger charge is 2.09. The van der Waals surface area contributed by atoms with Crippen LogP contribution in [-0.4, -0.2) is 17.6 Å². The van der Waals surface area contributed by atoms with Crippen LogP contribution in [0.5, 0.6) is 0 Å². The van der Waals surface area contributed by atoms with E-state index in [0.29, 0.717) is 12.2 Å². The number of hydrogen-bond acceptors (Lipinski definition) is 4. The first-order chi connectivity index (χ1) is 12.0. The van der Waals surface area contributed by atoms with Crippen LogP contribution in [-0.2, 0) is 4.74 Å². The van der Waals surface area contributed by atoms with Crippen molar-refractivity contribution in [2.45, 2.75) is 27.7 Å². The SMILES string of the molecule is CCOC(=O)c1ccc(Nc2cc(C)nc3c(C)cc(C)cc23)cc1.Cl. The number of anilines is 2.